The van der Waals surface area contributed by atoms with Crippen LogP contribution >= 0.6 is 11.3 Å². The van der Waals surface area contributed by atoms with Crippen molar-refractivity contribution in [3.8, 4) is 17.0 Å². The third kappa shape index (κ3) is 6.04. The molecule has 0 aliphatic heterocycles. The third-order valence-corrected chi connectivity index (χ3v) is 5.44. The van der Waals surface area contributed by atoms with E-state index in [4.69, 9.17) is 4.74 Å². The smallest absolute Gasteiger partial charge is 0.314 e. The first kappa shape index (κ1) is 23.2. The molecule has 2 N–H and O–H groups in total. The summed E-state index contributed by atoms with van der Waals surface area (Å²) in [4.78, 5) is 33.5. The lowest BCUT2D eigenvalue weighted by Crippen LogP contribution is -2.37. The number of rotatable bonds is 8. The molecular weight excluding hydrogens is 426 g/mol. The summed E-state index contributed by atoms with van der Waals surface area (Å²) >= 11 is 1.38. The molecule has 3 aromatic rings. The van der Waals surface area contributed by atoms with E-state index in [-0.39, 0.29) is 11.9 Å². The van der Waals surface area contributed by atoms with Crippen LogP contribution in [0.2, 0.25) is 0 Å². The number of pyridine rings is 1. The van der Waals surface area contributed by atoms with Gasteiger partial charge in [0.1, 0.15) is 5.75 Å². The molecule has 2 heterocycles. The number of hydrogen-bond acceptors (Lipinski definition) is 5. The van der Waals surface area contributed by atoms with Gasteiger partial charge in [0.2, 0.25) is 0 Å². The highest BCUT2D eigenvalue weighted by atomic mass is 32.1. The number of urea groups is 1. The van der Waals surface area contributed by atoms with Crippen molar-refractivity contribution < 1.29 is 14.3 Å². The summed E-state index contributed by atoms with van der Waals surface area (Å²) in [5.41, 5.74) is 3.14. The largest absolute Gasteiger partial charge is 0.494 e. The molecule has 0 aliphatic rings. The van der Waals surface area contributed by atoms with E-state index >= 15 is 0 Å². The van der Waals surface area contributed by atoms with E-state index in [0.717, 1.165) is 22.7 Å². The number of hydrogen-bond donors (Lipinski definition) is 2. The molecule has 0 spiro atoms. The second-order valence-electron chi connectivity index (χ2n) is 6.90. The lowest BCUT2D eigenvalue weighted by Gasteiger charge is -2.11. The quantitative estimate of drug-likeness (QED) is 0.546. The third-order valence-electron chi connectivity index (χ3n) is 4.57. The average molecular weight is 454 g/mol. The van der Waals surface area contributed by atoms with Crippen LogP contribution in [-0.4, -0.2) is 41.2 Å². The van der Waals surface area contributed by atoms with Crippen LogP contribution in [0.1, 0.15) is 29.9 Å². The van der Waals surface area contributed by atoms with Crippen LogP contribution in [0, 0.1) is 6.92 Å². The summed E-state index contributed by atoms with van der Waals surface area (Å²) in [7, 11) is 0. The Labute approximate surface area is 191 Å². The minimum Gasteiger partial charge on any atom is -0.494 e. The van der Waals surface area contributed by atoms with Crippen molar-refractivity contribution >= 4 is 23.3 Å². The fraction of sp³-hybridized carbons (Fsp3) is 0.304. The lowest BCUT2D eigenvalue weighted by atomic mass is 10.1. The Morgan fingerprint density at radius 3 is 2.56 bits per heavy atom. The van der Waals surface area contributed by atoms with Crippen molar-refractivity contribution in [2.45, 2.75) is 27.3 Å². The number of thiazole rings is 1. The highest BCUT2D eigenvalue weighted by molar-refractivity contribution is 7.07. The first-order valence-corrected chi connectivity index (χ1v) is 11.3. The fourth-order valence-electron chi connectivity index (χ4n) is 3.00. The van der Waals surface area contributed by atoms with Gasteiger partial charge in [-0.2, -0.15) is 4.99 Å². The Balaban J connectivity index is 1.92. The van der Waals surface area contributed by atoms with Gasteiger partial charge in [0, 0.05) is 36.9 Å². The Morgan fingerprint density at radius 2 is 1.91 bits per heavy atom. The summed E-state index contributed by atoms with van der Waals surface area (Å²) in [6.07, 6.45) is 1.53. The van der Waals surface area contributed by atoms with Crippen molar-refractivity contribution in [3.05, 3.63) is 64.0 Å². The Morgan fingerprint density at radius 1 is 1.12 bits per heavy atom. The average Bonchev–Trinajstić information content (AvgIpc) is 3.17. The molecule has 2 aromatic heterocycles. The number of amides is 3. The van der Waals surface area contributed by atoms with E-state index in [1.54, 1.807) is 12.1 Å². The second kappa shape index (κ2) is 11.2. The zero-order valence-corrected chi connectivity index (χ0v) is 19.2. The van der Waals surface area contributed by atoms with Crippen LogP contribution in [0.25, 0.3) is 11.3 Å². The molecule has 0 saturated carbocycles. The highest BCUT2D eigenvalue weighted by Gasteiger charge is 2.11. The summed E-state index contributed by atoms with van der Waals surface area (Å²) in [6.45, 7) is 7.66. The molecule has 0 saturated heterocycles. The number of nitrogens with one attached hydrogen (secondary N) is 2. The predicted molar refractivity (Wildman–Crippen MR) is 125 cm³/mol. The first-order valence-electron chi connectivity index (χ1n) is 10.5. The van der Waals surface area contributed by atoms with Crippen LogP contribution in [0.4, 0.5) is 4.79 Å². The van der Waals surface area contributed by atoms with E-state index in [1.165, 1.54) is 17.5 Å². The molecule has 0 bridgehead atoms. The van der Waals surface area contributed by atoms with E-state index in [9.17, 15) is 9.59 Å². The minimum atomic E-state index is -0.358. The molecular formula is C23H27N5O3S. The summed E-state index contributed by atoms with van der Waals surface area (Å²) in [5, 5.41) is 7.49. The number of aromatic nitrogens is 2. The number of aryl methyl sites for hydroxylation is 1. The van der Waals surface area contributed by atoms with Crippen molar-refractivity contribution in [1.82, 2.24) is 20.2 Å². The van der Waals surface area contributed by atoms with Crippen molar-refractivity contribution in [2.24, 2.45) is 4.99 Å². The van der Waals surface area contributed by atoms with Gasteiger partial charge >= 0.3 is 6.03 Å². The normalized spacial score (nSPS) is 11.3. The maximum Gasteiger partial charge on any atom is 0.314 e. The predicted octanol–water partition coefficient (Wildman–Crippen LogP) is 3.38. The molecule has 0 aliphatic carbocycles. The van der Waals surface area contributed by atoms with Crippen LogP contribution in [0.15, 0.2) is 53.0 Å². The van der Waals surface area contributed by atoms with Crippen LogP contribution in [-0.2, 0) is 6.54 Å². The van der Waals surface area contributed by atoms with Gasteiger partial charge in [-0.15, -0.1) is 11.3 Å². The first-order chi connectivity index (χ1) is 15.5. The van der Waals surface area contributed by atoms with Gasteiger partial charge in [-0.1, -0.05) is 0 Å². The Kier molecular flexibility index (Phi) is 8.15. The topological polar surface area (TPSA) is 97.6 Å². The van der Waals surface area contributed by atoms with Crippen molar-refractivity contribution in [3.63, 3.8) is 0 Å². The zero-order chi connectivity index (χ0) is 22.9. The summed E-state index contributed by atoms with van der Waals surface area (Å²) in [5.74, 6) is 0.436. The maximum absolute atomic E-state index is 12.7. The number of benzene rings is 1. The number of carbonyl (C=O) groups is 2. The van der Waals surface area contributed by atoms with Crippen LogP contribution in [0.5, 0.6) is 5.75 Å². The Hall–Kier alpha value is -3.46. The molecule has 0 fully saturated rings. The molecule has 3 rings (SSSR count). The van der Waals surface area contributed by atoms with E-state index in [0.29, 0.717) is 36.6 Å². The summed E-state index contributed by atoms with van der Waals surface area (Å²) in [6, 6.07) is 11.0. The SMILES string of the molecule is CCNC(=O)NCCn1c(-c2ccc(OCC)cc2)csc1=NC(=O)c1ccc(C)nc1. The van der Waals surface area contributed by atoms with Gasteiger partial charge in [-0.05, 0) is 62.7 Å². The number of ether oxygens (including phenoxy) is 1. The summed E-state index contributed by atoms with van der Waals surface area (Å²) < 4.78 is 7.47. The molecule has 8 nitrogen and oxygen atoms in total. The zero-order valence-electron chi connectivity index (χ0n) is 18.4. The van der Waals surface area contributed by atoms with Crippen LogP contribution < -0.4 is 20.2 Å². The number of carbonyl (C=O) groups excluding carboxylic acids is 2. The second-order valence-corrected chi connectivity index (χ2v) is 7.74. The minimum absolute atomic E-state index is 0.230. The molecule has 1 aromatic carbocycles. The van der Waals surface area contributed by atoms with Gasteiger partial charge in [-0.3, -0.25) is 9.78 Å². The van der Waals surface area contributed by atoms with Crippen molar-refractivity contribution in [1.29, 1.82) is 0 Å². The molecule has 9 heteroatoms. The van der Waals surface area contributed by atoms with Crippen LogP contribution in [0.3, 0.4) is 0 Å². The Bertz CT molecular complexity index is 1120. The van der Waals surface area contributed by atoms with E-state index in [2.05, 4.69) is 20.6 Å². The van der Waals surface area contributed by atoms with Gasteiger partial charge in [0.05, 0.1) is 17.9 Å². The lowest BCUT2D eigenvalue weighted by molar-refractivity contribution is 0.0997. The molecule has 0 atom stereocenters. The molecule has 0 unspecified atom stereocenters. The van der Waals surface area contributed by atoms with Gasteiger partial charge in [0.15, 0.2) is 4.80 Å². The van der Waals surface area contributed by atoms with Gasteiger partial charge in [-0.25, -0.2) is 4.79 Å². The number of nitrogens with zero attached hydrogens (tertiary/aromatic N) is 3. The molecule has 0 radical (unpaired) electrons. The van der Waals surface area contributed by atoms with Crippen molar-refractivity contribution in [2.75, 3.05) is 19.7 Å². The van der Waals surface area contributed by atoms with E-state index in [1.807, 2.05) is 55.0 Å². The fourth-order valence-corrected chi connectivity index (χ4v) is 3.94. The monoisotopic (exact) mass is 453 g/mol. The maximum atomic E-state index is 12.7. The molecule has 3 amide bonds. The van der Waals surface area contributed by atoms with Gasteiger partial charge < -0.3 is 19.9 Å². The molecule has 168 valence electrons. The van der Waals surface area contributed by atoms with Gasteiger partial charge in [0.25, 0.3) is 5.91 Å². The standard InChI is InChI=1S/C23H27N5O3S/c1-4-24-22(30)25-12-13-28-20(17-8-10-19(11-9-17)31-5-2)15-32-23(28)27-21(29)18-7-6-16(3)26-14-18/h6-11,14-15H,4-5,12-13H2,1-3H3,(H2,24,25,30). The van der Waals surface area contributed by atoms with E-state index < -0.39 is 0 Å². The highest BCUT2D eigenvalue weighted by Crippen LogP contribution is 2.23. The molecule has 32 heavy (non-hydrogen) atoms.